The Morgan fingerprint density at radius 3 is 2.93 bits per heavy atom. The van der Waals surface area contributed by atoms with Crippen molar-refractivity contribution in [1.29, 1.82) is 0 Å². The van der Waals surface area contributed by atoms with Crippen LogP contribution in [0.4, 0.5) is 0 Å². The zero-order valence-electron chi connectivity index (χ0n) is 16.7. The van der Waals surface area contributed by atoms with Crippen LogP contribution < -0.4 is 10.1 Å². The molecule has 2 amide bonds. The van der Waals surface area contributed by atoms with E-state index in [0.29, 0.717) is 35.8 Å². The fourth-order valence-electron chi connectivity index (χ4n) is 3.53. The lowest BCUT2D eigenvalue weighted by Gasteiger charge is -2.25. The number of carbonyl (C=O) groups excluding carboxylic acids is 2. The smallest absolute Gasteiger partial charge is 0.258 e. The Labute approximate surface area is 180 Å². The molecule has 0 saturated carbocycles. The quantitative estimate of drug-likeness (QED) is 0.639. The zero-order valence-corrected chi connectivity index (χ0v) is 18.3. The van der Waals surface area contributed by atoms with E-state index in [1.807, 2.05) is 6.92 Å². The summed E-state index contributed by atoms with van der Waals surface area (Å²) in [6.07, 6.45) is 4.25. The van der Waals surface area contributed by atoms with Crippen molar-refractivity contribution in [2.45, 2.75) is 45.1 Å². The van der Waals surface area contributed by atoms with Gasteiger partial charge in [0, 0.05) is 29.2 Å². The molecule has 1 aromatic carbocycles. The predicted octanol–water partition coefficient (Wildman–Crippen LogP) is 3.86. The summed E-state index contributed by atoms with van der Waals surface area (Å²) in [6.45, 7) is 3.14. The number of likely N-dealkylation sites (tertiary alicyclic amines) is 1. The second-order valence-corrected chi connectivity index (χ2v) is 8.51. The van der Waals surface area contributed by atoms with Gasteiger partial charge in [0.2, 0.25) is 5.91 Å². The lowest BCUT2D eigenvalue weighted by molar-refractivity contribution is -0.124. The van der Waals surface area contributed by atoms with Crippen molar-refractivity contribution in [3.63, 3.8) is 0 Å². The van der Waals surface area contributed by atoms with E-state index in [1.165, 1.54) is 7.11 Å². The molecule has 1 fully saturated rings. The van der Waals surface area contributed by atoms with Crippen LogP contribution in [0, 0.1) is 6.92 Å². The molecule has 0 bridgehead atoms. The van der Waals surface area contributed by atoms with E-state index in [9.17, 15) is 9.59 Å². The Hall–Kier alpha value is -2.12. The van der Waals surface area contributed by atoms with Crippen LogP contribution in [0.25, 0.3) is 0 Å². The van der Waals surface area contributed by atoms with E-state index >= 15 is 0 Å². The largest absolute Gasteiger partial charge is 0.496 e. The molecular formula is C21H26ClN3O3S. The van der Waals surface area contributed by atoms with Crippen molar-refractivity contribution in [1.82, 2.24) is 15.2 Å². The highest BCUT2D eigenvalue weighted by Gasteiger charge is 2.35. The maximum atomic E-state index is 13.0. The van der Waals surface area contributed by atoms with Crippen molar-refractivity contribution < 1.29 is 14.3 Å². The molecule has 0 radical (unpaired) electrons. The van der Waals surface area contributed by atoms with Gasteiger partial charge in [-0.25, -0.2) is 4.98 Å². The number of unbranched alkanes of at least 4 members (excludes halogenated alkanes) is 1. The molecule has 1 aliphatic heterocycles. The number of methoxy groups -OCH3 is 1. The minimum atomic E-state index is -0.451. The van der Waals surface area contributed by atoms with Gasteiger partial charge in [0.15, 0.2) is 0 Å². The topological polar surface area (TPSA) is 71.5 Å². The van der Waals surface area contributed by atoms with Crippen LogP contribution in [0.15, 0.2) is 23.6 Å². The SMILES string of the molecule is COc1ccc(Cl)cc1C(=O)N1CCCC1C(=O)NCCCCc1nc(C)cs1. The lowest BCUT2D eigenvalue weighted by Crippen LogP contribution is -2.46. The molecule has 0 aliphatic carbocycles. The molecule has 1 aliphatic rings. The van der Waals surface area contributed by atoms with Crippen molar-refractivity contribution in [2.24, 2.45) is 0 Å². The molecule has 2 heterocycles. The first-order valence-electron chi connectivity index (χ1n) is 9.83. The number of hydrogen-bond acceptors (Lipinski definition) is 5. The average Bonchev–Trinajstić information content (AvgIpc) is 3.36. The lowest BCUT2D eigenvalue weighted by atomic mass is 10.1. The summed E-state index contributed by atoms with van der Waals surface area (Å²) in [7, 11) is 1.52. The Bertz CT molecular complexity index is 871. The van der Waals surface area contributed by atoms with E-state index < -0.39 is 6.04 Å². The summed E-state index contributed by atoms with van der Waals surface area (Å²) >= 11 is 7.74. The molecule has 3 rings (SSSR count). The van der Waals surface area contributed by atoms with Crippen LogP contribution in [0.3, 0.4) is 0 Å². The molecule has 1 aromatic heterocycles. The first kappa shape index (κ1) is 21.6. The van der Waals surface area contributed by atoms with Crippen LogP contribution in [0.2, 0.25) is 5.02 Å². The number of nitrogens with one attached hydrogen (secondary N) is 1. The predicted molar refractivity (Wildman–Crippen MR) is 115 cm³/mol. The van der Waals surface area contributed by atoms with E-state index in [1.54, 1.807) is 34.4 Å². The first-order chi connectivity index (χ1) is 14.0. The fraction of sp³-hybridized carbons (Fsp3) is 0.476. The number of amides is 2. The van der Waals surface area contributed by atoms with E-state index in [2.05, 4.69) is 15.7 Å². The normalized spacial score (nSPS) is 16.1. The second-order valence-electron chi connectivity index (χ2n) is 7.13. The maximum absolute atomic E-state index is 13.0. The van der Waals surface area contributed by atoms with Crippen LogP contribution in [0.5, 0.6) is 5.75 Å². The summed E-state index contributed by atoms with van der Waals surface area (Å²) in [5.74, 6) is 0.144. The molecule has 8 heteroatoms. The van der Waals surface area contributed by atoms with E-state index in [4.69, 9.17) is 16.3 Å². The number of ether oxygens (including phenoxy) is 1. The Morgan fingerprint density at radius 2 is 2.21 bits per heavy atom. The molecule has 6 nitrogen and oxygen atoms in total. The first-order valence-corrected chi connectivity index (χ1v) is 11.1. The Balaban J connectivity index is 1.52. The van der Waals surface area contributed by atoms with Gasteiger partial charge in [-0.3, -0.25) is 9.59 Å². The van der Waals surface area contributed by atoms with Crippen LogP contribution in [-0.2, 0) is 11.2 Å². The number of aryl methyl sites for hydroxylation is 2. The van der Waals surface area contributed by atoms with Crippen LogP contribution >= 0.6 is 22.9 Å². The van der Waals surface area contributed by atoms with Gasteiger partial charge in [-0.05, 0) is 57.2 Å². The maximum Gasteiger partial charge on any atom is 0.258 e. The highest BCUT2D eigenvalue weighted by atomic mass is 35.5. The van der Waals surface area contributed by atoms with Gasteiger partial charge < -0.3 is 15.0 Å². The van der Waals surface area contributed by atoms with Gasteiger partial charge in [-0.2, -0.15) is 0 Å². The number of rotatable bonds is 8. The van der Waals surface area contributed by atoms with Crippen molar-refractivity contribution in [3.05, 3.63) is 44.9 Å². The van der Waals surface area contributed by atoms with Gasteiger partial charge in [-0.15, -0.1) is 11.3 Å². The number of aromatic nitrogens is 1. The zero-order chi connectivity index (χ0) is 20.8. The third-order valence-corrected chi connectivity index (χ3v) is 6.25. The number of hydrogen-bond donors (Lipinski definition) is 1. The van der Waals surface area contributed by atoms with Gasteiger partial charge in [0.1, 0.15) is 11.8 Å². The fourth-order valence-corrected chi connectivity index (χ4v) is 4.52. The van der Waals surface area contributed by atoms with Gasteiger partial charge in [0.25, 0.3) is 5.91 Å². The van der Waals surface area contributed by atoms with Crippen LogP contribution in [0.1, 0.15) is 46.7 Å². The third kappa shape index (κ3) is 5.48. The summed E-state index contributed by atoms with van der Waals surface area (Å²) in [6, 6.07) is 4.49. The van der Waals surface area contributed by atoms with Crippen LogP contribution in [-0.4, -0.2) is 47.9 Å². The van der Waals surface area contributed by atoms with Crippen molar-refractivity contribution >= 4 is 34.8 Å². The summed E-state index contributed by atoms with van der Waals surface area (Å²) in [4.78, 5) is 31.8. The molecule has 156 valence electrons. The van der Waals surface area contributed by atoms with Gasteiger partial charge >= 0.3 is 0 Å². The van der Waals surface area contributed by atoms with E-state index in [-0.39, 0.29) is 11.8 Å². The standard InChI is InChI=1S/C21H26ClN3O3S/c1-14-13-29-19(24-14)7-3-4-10-23-20(26)17-6-5-11-25(17)21(27)16-12-15(22)8-9-18(16)28-2/h8-9,12-13,17H,3-7,10-11H2,1-2H3,(H,23,26). The van der Waals surface area contributed by atoms with E-state index in [0.717, 1.165) is 36.4 Å². The average molecular weight is 436 g/mol. The summed E-state index contributed by atoms with van der Waals surface area (Å²) in [5, 5.41) is 6.64. The van der Waals surface area contributed by atoms with Gasteiger partial charge in [0.05, 0.1) is 17.7 Å². The summed E-state index contributed by atoms with van der Waals surface area (Å²) in [5.41, 5.74) is 1.44. The Morgan fingerprint density at radius 1 is 1.38 bits per heavy atom. The molecule has 29 heavy (non-hydrogen) atoms. The summed E-state index contributed by atoms with van der Waals surface area (Å²) < 4.78 is 5.30. The second kappa shape index (κ2) is 10.1. The minimum absolute atomic E-state index is 0.0954. The highest BCUT2D eigenvalue weighted by Crippen LogP contribution is 2.27. The number of halogens is 1. The number of nitrogens with zero attached hydrogens (tertiary/aromatic N) is 2. The molecule has 1 unspecified atom stereocenters. The monoisotopic (exact) mass is 435 g/mol. The molecule has 1 saturated heterocycles. The molecule has 1 atom stereocenters. The molecule has 1 N–H and O–H groups in total. The number of benzene rings is 1. The molecule has 0 spiro atoms. The van der Waals surface area contributed by atoms with Crippen molar-refractivity contribution in [2.75, 3.05) is 20.2 Å². The van der Waals surface area contributed by atoms with Gasteiger partial charge in [-0.1, -0.05) is 11.6 Å². The highest BCUT2D eigenvalue weighted by molar-refractivity contribution is 7.09. The molecule has 2 aromatic rings. The Kier molecular flexibility index (Phi) is 7.50. The third-order valence-electron chi connectivity index (χ3n) is 4.99. The molecular weight excluding hydrogens is 410 g/mol. The number of carbonyl (C=O) groups is 2. The number of thiazole rings is 1. The van der Waals surface area contributed by atoms with Crippen molar-refractivity contribution in [3.8, 4) is 5.75 Å². The minimum Gasteiger partial charge on any atom is -0.496 e.